The van der Waals surface area contributed by atoms with Gasteiger partial charge in [0.25, 0.3) is 5.91 Å². The van der Waals surface area contributed by atoms with E-state index in [-0.39, 0.29) is 16.7 Å². The van der Waals surface area contributed by atoms with Crippen LogP contribution in [-0.2, 0) is 22.0 Å². The third-order valence-corrected chi connectivity index (χ3v) is 8.21. The van der Waals surface area contributed by atoms with Gasteiger partial charge in [0.05, 0.1) is 0 Å². The average Bonchev–Trinajstić information content (AvgIpc) is 3.30. The van der Waals surface area contributed by atoms with Gasteiger partial charge in [-0.2, -0.15) is 0 Å². The van der Waals surface area contributed by atoms with Crippen LogP contribution in [0.15, 0.2) is 28.7 Å². The fourth-order valence-corrected chi connectivity index (χ4v) is 5.35. The molecule has 1 aromatic heterocycles. The molecule has 0 fully saturated rings. The molecule has 1 heterocycles. The van der Waals surface area contributed by atoms with E-state index in [0.29, 0.717) is 31.3 Å². The van der Waals surface area contributed by atoms with Gasteiger partial charge in [0, 0.05) is 26.2 Å². The number of hydrogen-bond donors (Lipinski definition) is 1. The monoisotopic (exact) mass is 495 g/mol. The second-order valence-electron chi connectivity index (χ2n) is 12.1. The van der Waals surface area contributed by atoms with E-state index in [1.165, 1.54) is 54.4 Å². The first-order chi connectivity index (χ1) is 17.1. The molecule has 1 amide bonds. The zero-order valence-corrected chi connectivity index (χ0v) is 23.9. The number of rotatable bonds is 13. The Morgan fingerprint density at radius 2 is 1.75 bits per heavy atom. The van der Waals surface area contributed by atoms with E-state index in [1.54, 1.807) is 6.07 Å². The summed E-state index contributed by atoms with van der Waals surface area (Å²) in [5.41, 5.74) is 5.90. The lowest BCUT2D eigenvalue weighted by molar-refractivity contribution is 0.0861. The maximum absolute atomic E-state index is 12.6. The average molecular weight is 496 g/mol. The summed E-state index contributed by atoms with van der Waals surface area (Å²) in [4.78, 5) is 12.6. The van der Waals surface area contributed by atoms with E-state index in [2.05, 4.69) is 65.9 Å². The number of nitrogens with one attached hydrogen (secondary N) is 1. The lowest BCUT2D eigenvalue weighted by atomic mass is 9.62. The summed E-state index contributed by atoms with van der Waals surface area (Å²) < 4.78 is 11.8. The molecule has 1 N–H and O–H groups in total. The van der Waals surface area contributed by atoms with Gasteiger partial charge in [0.2, 0.25) is 0 Å². The Morgan fingerprint density at radius 1 is 1.06 bits per heavy atom. The molecule has 0 aliphatic heterocycles. The van der Waals surface area contributed by atoms with Crippen molar-refractivity contribution >= 4 is 5.91 Å². The normalized spacial score (nSPS) is 17.0. The van der Waals surface area contributed by atoms with Crippen LogP contribution in [-0.4, -0.2) is 25.7 Å². The number of aryl methyl sites for hydroxylation is 1. The molecule has 1 aliphatic carbocycles. The van der Waals surface area contributed by atoms with Crippen LogP contribution in [0.2, 0.25) is 0 Å². The van der Waals surface area contributed by atoms with E-state index >= 15 is 0 Å². The number of benzene rings is 1. The smallest absolute Gasteiger partial charge is 0.286 e. The highest BCUT2D eigenvalue weighted by Crippen LogP contribution is 2.46. The van der Waals surface area contributed by atoms with E-state index in [1.807, 2.05) is 6.07 Å². The third-order valence-electron chi connectivity index (χ3n) is 8.21. The van der Waals surface area contributed by atoms with Crippen LogP contribution in [0.1, 0.15) is 125 Å². The molecule has 1 atom stereocenters. The molecule has 0 bridgehead atoms. The van der Waals surface area contributed by atoms with Crippen molar-refractivity contribution in [3.8, 4) is 0 Å². The quantitative estimate of drug-likeness (QED) is 0.288. The SMILES string of the molecule is CCCCC(CC)COCCCNC(=O)c1ccc(Cc2cc3c(cc2C)C(C)(C)CCC3(C)C)o1. The molecule has 4 heteroatoms. The molecule has 0 radical (unpaired) electrons. The number of furan rings is 1. The molecule has 2 aromatic rings. The number of ether oxygens (including phenoxy) is 1. The van der Waals surface area contributed by atoms with Crippen molar-refractivity contribution in [3.63, 3.8) is 0 Å². The Balaban J connectivity index is 1.52. The van der Waals surface area contributed by atoms with Crippen LogP contribution in [0.25, 0.3) is 0 Å². The highest BCUT2D eigenvalue weighted by atomic mass is 16.5. The topological polar surface area (TPSA) is 51.5 Å². The molecular formula is C32H49NO3. The summed E-state index contributed by atoms with van der Waals surface area (Å²) in [5, 5.41) is 2.97. The largest absolute Gasteiger partial charge is 0.456 e. The summed E-state index contributed by atoms with van der Waals surface area (Å²) in [5.74, 6) is 1.71. The van der Waals surface area contributed by atoms with E-state index < -0.39 is 0 Å². The van der Waals surface area contributed by atoms with Crippen LogP contribution in [0.5, 0.6) is 0 Å². The summed E-state index contributed by atoms with van der Waals surface area (Å²) in [6.45, 7) is 18.2. The minimum absolute atomic E-state index is 0.152. The van der Waals surface area contributed by atoms with Crippen molar-refractivity contribution in [3.05, 3.63) is 58.0 Å². The Morgan fingerprint density at radius 3 is 2.42 bits per heavy atom. The molecule has 1 unspecified atom stereocenters. The van der Waals surface area contributed by atoms with Crippen molar-refractivity contribution in [2.24, 2.45) is 5.92 Å². The fraction of sp³-hybridized carbons (Fsp3) is 0.656. The first kappa shape index (κ1) is 28.5. The van der Waals surface area contributed by atoms with Gasteiger partial charge in [-0.3, -0.25) is 4.79 Å². The zero-order valence-electron chi connectivity index (χ0n) is 23.9. The van der Waals surface area contributed by atoms with Crippen LogP contribution in [0, 0.1) is 12.8 Å². The first-order valence-electron chi connectivity index (χ1n) is 14.2. The summed E-state index contributed by atoms with van der Waals surface area (Å²) in [6.07, 6.45) is 8.84. The molecule has 3 rings (SSSR count). The summed E-state index contributed by atoms with van der Waals surface area (Å²) in [7, 11) is 0. The van der Waals surface area contributed by atoms with Crippen molar-refractivity contribution in [2.45, 2.75) is 111 Å². The second-order valence-corrected chi connectivity index (χ2v) is 12.1. The van der Waals surface area contributed by atoms with Crippen LogP contribution >= 0.6 is 0 Å². The van der Waals surface area contributed by atoms with Crippen LogP contribution in [0.4, 0.5) is 0 Å². The van der Waals surface area contributed by atoms with Gasteiger partial charge in [0.1, 0.15) is 5.76 Å². The number of carbonyl (C=O) groups is 1. The number of fused-ring (bicyclic) bond motifs is 1. The maximum Gasteiger partial charge on any atom is 0.286 e. The predicted octanol–water partition coefficient (Wildman–Crippen LogP) is 7.88. The summed E-state index contributed by atoms with van der Waals surface area (Å²) in [6, 6.07) is 8.50. The Hall–Kier alpha value is -2.07. The molecule has 0 saturated heterocycles. The van der Waals surface area contributed by atoms with Crippen molar-refractivity contribution < 1.29 is 13.9 Å². The molecule has 1 aliphatic rings. The van der Waals surface area contributed by atoms with Crippen LogP contribution < -0.4 is 5.32 Å². The van der Waals surface area contributed by atoms with Gasteiger partial charge < -0.3 is 14.5 Å². The van der Waals surface area contributed by atoms with E-state index in [4.69, 9.17) is 9.15 Å². The standard InChI is InChI=1S/C32H49NO3/c1-8-10-12-24(9-2)22-35-18-11-17-33-30(34)29-14-13-26(36-29)20-25-21-28-27(19-23(25)3)31(4,5)15-16-32(28,6)7/h13-14,19,21,24H,8-12,15-18,20,22H2,1-7H3,(H,33,34). The molecule has 4 nitrogen and oxygen atoms in total. The molecule has 36 heavy (non-hydrogen) atoms. The second kappa shape index (κ2) is 12.4. The lowest BCUT2D eigenvalue weighted by Crippen LogP contribution is -2.34. The minimum Gasteiger partial charge on any atom is -0.456 e. The number of hydrogen-bond acceptors (Lipinski definition) is 3. The molecule has 200 valence electrons. The third kappa shape index (κ3) is 7.25. The molecule has 1 aromatic carbocycles. The van der Waals surface area contributed by atoms with E-state index in [9.17, 15) is 4.79 Å². The van der Waals surface area contributed by atoms with Gasteiger partial charge in [0.15, 0.2) is 5.76 Å². The van der Waals surface area contributed by atoms with E-state index in [0.717, 1.165) is 25.2 Å². The minimum atomic E-state index is -0.152. The Labute approximate surface area is 219 Å². The molecule has 0 saturated carbocycles. The van der Waals surface area contributed by atoms with Gasteiger partial charge in [-0.1, -0.05) is 72.9 Å². The van der Waals surface area contributed by atoms with Crippen molar-refractivity contribution in [1.29, 1.82) is 0 Å². The Bertz CT molecular complexity index is 1000. The fourth-order valence-electron chi connectivity index (χ4n) is 5.35. The highest BCUT2D eigenvalue weighted by molar-refractivity contribution is 5.91. The predicted molar refractivity (Wildman–Crippen MR) is 149 cm³/mol. The number of unbranched alkanes of at least 4 members (excludes halogenated alkanes) is 1. The van der Waals surface area contributed by atoms with Gasteiger partial charge in [-0.25, -0.2) is 0 Å². The first-order valence-corrected chi connectivity index (χ1v) is 14.2. The number of amides is 1. The van der Waals surface area contributed by atoms with Gasteiger partial charge >= 0.3 is 0 Å². The molecule has 0 spiro atoms. The van der Waals surface area contributed by atoms with Gasteiger partial charge in [-0.15, -0.1) is 0 Å². The van der Waals surface area contributed by atoms with Crippen LogP contribution in [0.3, 0.4) is 0 Å². The Kier molecular flexibility index (Phi) is 9.86. The highest BCUT2D eigenvalue weighted by Gasteiger charge is 2.37. The zero-order chi connectivity index (χ0) is 26.3. The molecular weight excluding hydrogens is 446 g/mol. The van der Waals surface area contributed by atoms with Crippen molar-refractivity contribution in [1.82, 2.24) is 5.32 Å². The van der Waals surface area contributed by atoms with Gasteiger partial charge in [-0.05, 0) is 83.7 Å². The lowest BCUT2D eigenvalue weighted by Gasteiger charge is -2.42. The maximum atomic E-state index is 12.6. The summed E-state index contributed by atoms with van der Waals surface area (Å²) >= 11 is 0. The number of carbonyl (C=O) groups excluding carboxylic acids is 1. The van der Waals surface area contributed by atoms with Crippen molar-refractivity contribution in [2.75, 3.05) is 19.8 Å².